The van der Waals surface area contributed by atoms with Crippen LogP contribution in [-0.4, -0.2) is 25.2 Å². The molecule has 4 aliphatic rings. The molecule has 3 aliphatic carbocycles. The van der Waals surface area contributed by atoms with E-state index in [1.54, 1.807) is 0 Å². The maximum absolute atomic E-state index is 12.3. The van der Waals surface area contributed by atoms with E-state index in [1.807, 2.05) is 0 Å². The highest BCUT2D eigenvalue weighted by molar-refractivity contribution is 5.81. The van der Waals surface area contributed by atoms with E-state index in [0.717, 1.165) is 25.8 Å². The van der Waals surface area contributed by atoms with Gasteiger partial charge in [0.2, 0.25) is 5.91 Å². The molecule has 2 atom stereocenters. The number of amides is 1. The fraction of sp³-hybridized carbons (Fsp3) is 0.409. The molecule has 1 heterocycles. The molecule has 25 heavy (non-hydrogen) atoms. The highest BCUT2D eigenvalue weighted by atomic mass is 16.5. The van der Waals surface area contributed by atoms with E-state index >= 15 is 0 Å². The van der Waals surface area contributed by atoms with E-state index in [4.69, 9.17) is 4.74 Å². The first-order valence-corrected chi connectivity index (χ1v) is 9.40. The van der Waals surface area contributed by atoms with E-state index < -0.39 is 0 Å². The fourth-order valence-electron chi connectivity index (χ4n) is 5.09. The summed E-state index contributed by atoms with van der Waals surface area (Å²) in [5.41, 5.74) is 5.86. The molecule has 0 saturated carbocycles. The predicted molar refractivity (Wildman–Crippen MR) is 96.7 cm³/mol. The van der Waals surface area contributed by atoms with Crippen LogP contribution in [0.3, 0.4) is 0 Å². The minimum absolute atomic E-state index is 0.0699. The van der Waals surface area contributed by atoms with Crippen molar-refractivity contribution in [3.63, 3.8) is 0 Å². The summed E-state index contributed by atoms with van der Waals surface area (Å²) in [6, 6.07) is 17.7. The van der Waals surface area contributed by atoms with Crippen LogP contribution in [0.4, 0.5) is 0 Å². The molecule has 1 aliphatic heterocycles. The number of hydrogen-bond donors (Lipinski definition) is 1. The van der Waals surface area contributed by atoms with Gasteiger partial charge in [-0.3, -0.25) is 4.79 Å². The number of nitrogens with one attached hydrogen (secondary N) is 1. The van der Waals surface area contributed by atoms with Crippen molar-refractivity contribution in [1.82, 2.24) is 5.32 Å². The molecule has 0 spiro atoms. The third-order valence-electron chi connectivity index (χ3n) is 6.18. The molecule has 0 aromatic heterocycles. The van der Waals surface area contributed by atoms with E-state index in [0.29, 0.717) is 24.4 Å². The Morgan fingerprint density at radius 1 is 1.00 bits per heavy atom. The van der Waals surface area contributed by atoms with Crippen LogP contribution in [-0.2, 0) is 9.53 Å². The molecular formula is C22H23NO2. The van der Waals surface area contributed by atoms with Crippen LogP contribution in [0.5, 0.6) is 0 Å². The molecule has 3 nitrogen and oxygen atoms in total. The number of ether oxygens (including phenoxy) is 1. The summed E-state index contributed by atoms with van der Waals surface area (Å²) in [5.74, 6) is 1.38. The Balaban J connectivity index is 1.43. The quantitative estimate of drug-likeness (QED) is 0.932. The maximum Gasteiger partial charge on any atom is 0.249 e. The molecule has 1 saturated heterocycles. The number of carbonyl (C=O) groups excluding carboxylic acids is 1. The number of benzene rings is 2. The Morgan fingerprint density at radius 3 is 2.24 bits per heavy atom. The van der Waals surface area contributed by atoms with Gasteiger partial charge in [-0.05, 0) is 47.4 Å². The van der Waals surface area contributed by atoms with Crippen molar-refractivity contribution in [2.24, 2.45) is 5.92 Å². The number of fused-ring (bicyclic) bond motifs is 1. The SMILES string of the molecule is O=C(NC[C@@H]1CC2c3ccccc3C1c1ccccc12)[C@H]1CCCO1. The highest BCUT2D eigenvalue weighted by Crippen LogP contribution is 2.55. The monoisotopic (exact) mass is 333 g/mol. The zero-order valence-electron chi connectivity index (χ0n) is 14.3. The standard InChI is InChI=1S/C22H23NO2/c24-22(20-10-5-11-25-20)23-13-14-12-19-15-6-1-3-8-17(15)21(14)18-9-4-2-7-16(18)19/h1-4,6-9,14,19-21H,5,10-13H2,(H,23,24)/t14-,19?,20+,21?/m0/s1. The summed E-state index contributed by atoms with van der Waals surface area (Å²) in [6.07, 6.45) is 2.73. The lowest BCUT2D eigenvalue weighted by atomic mass is 9.59. The van der Waals surface area contributed by atoms with Crippen molar-refractivity contribution >= 4 is 5.91 Å². The van der Waals surface area contributed by atoms with Crippen LogP contribution in [0.1, 0.15) is 53.4 Å². The van der Waals surface area contributed by atoms with Crippen LogP contribution in [0.15, 0.2) is 48.5 Å². The van der Waals surface area contributed by atoms with Crippen LogP contribution < -0.4 is 5.32 Å². The van der Waals surface area contributed by atoms with Crippen LogP contribution in [0, 0.1) is 5.92 Å². The number of rotatable bonds is 3. The number of carbonyl (C=O) groups is 1. The molecule has 0 radical (unpaired) electrons. The van der Waals surface area contributed by atoms with Crippen molar-refractivity contribution in [1.29, 1.82) is 0 Å². The van der Waals surface area contributed by atoms with Gasteiger partial charge < -0.3 is 10.1 Å². The molecular weight excluding hydrogens is 310 g/mol. The summed E-state index contributed by atoms with van der Waals surface area (Å²) in [5, 5.41) is 3.18. The van der Waals surface area contributed by atoms with E-state index in [1.165, 1.54) is 22.3 Å². The molecule has 3 heteroatoms. The summed E-state index contributed by atoms with van der Waals surface area (Å²) in [7, 11) is 0. The average Bonchev–Trinajstić information content (AvgIpc) is 3.21. The zero-order chi connectivity index (χ0) is 16.8. The van der Waals surface area contributed by atoms with Crippen molar-refractivity contribution in [2.75, 3.05) is 13.2 Å². The van der Waals surface area contributed by atoms with E-state index in [2.05, 4.69) is 53.8 Å². The van der Waals surface area contributed by atoms with Gasteiger partial charge >= 0.3 is 0 Å². The highest BCUT2D eigenvalue weighted by Gasteiger charge is 2.43. The third kappa shape index (κ3) is 2.41. The van der Waals surface area contributed by atoms with Gasteiger partial charge in [0.1, 0.15) is 6.10 Å². The molecule has 1 N–H and O–H groups in total. The van der Waals surface area contributed by atoms with Gasteiger partial charge in [-0.15, -0.1) is 0 Å². The lowest BCUT2D eigenvalue weighted by Crippen LogP contribution is -2.42. The van der Waals surface area contributed by atoms with Gasteiger partial charge in [0.25, 0.3) is 0 Å². The lowest BCUT2D eigenvalue weighted by molar-refractivity contribution is -0.130. The number of hydrogen-bond acceptors (Lipinski definition) is 2. The van der Waals surface area contributed by atoms with Crippen LogP contribution in [0.2, 0.25) is 0 Å². The molecule has 128 valence electrons. The second kappa shape index (κ2) is 5.99. The minimum atomic E-state index is -0.236. The smallest absolute Gasteiger partial charge is 0.249 e. The Hall–Kier alpha value is -2.13. The van der Waals surface area contributed by atoms with Crippen molar-refractivity contribution in [3.05, 3.63) is 70.8 Å². The lowest BCUT2D eigenvalue weighted by Gasteiger charge is -2.45. The van der Waals surface area contributed by atoms with Crippen molar-refractivity contribution in [2.45, 2.75) is 37.2 Å². The van der Waals surface area contributed by atoms with Crippen LogP contribution in [0.25, 0.3) is 0 Å². The van der Waals surface area contributed by atoms with Crippen molar-refractivity contribution < 1.29 is 9.53 Å². The first-order chi connectivity index (χ1) is 12.3. The Bertz CT molecular complexity index is 762. The van der Waals surface area contributed by atoms with Crippen LogP contribution >= 0.6 is 0 Å². The molecule has 6 rings (SSSR count). The minimum Gasteiger partial charge on any atom is -0.368 e. The van der Waals surface area contributed by atoms with E-state index in [-0.39, 0.29) is 12.0 Å². The topological polar surface area (TPSA) is 38.3 Å². The Morgan fingerprint density at radius 2 is 1.64 bits per heavy atom. The Kier molecular flexibility index (Phi) is 3.63. The summed E-state index contributed by atoms with van der Waals surface area (Å²) in [4.78, 5) is 12.3. The second-order valence-corrected chi connectivity index (χ2v) is 7.53. The molecule has 1 fully saturated rings. The third-order valence-corrected chi connectivity index (χ3v) is 6.18. The summed E-state index contributed by atoms with van der Waals surface area (Å²) in [6.45, 7) is 1.45. The van der Waals surface area contributed by atoms with Gasteiger partial charge in [0.15, 0.2) is 0 Å². The zero-order valence-corrected chi connectivity index (χ0v) is 14.3. The average molecular weight is 333 g/mol. The fourth-order valence-corrected chi connectivity index (χ4v) is 5.09. The van der Waals surface area contributed by atoms with Gasteiger partial charge in [-0.1, -0.05) is 48.5 Å². The molecule has 2 aromatic rings. The largest absolute Gasteiger partial charge is 0.368 e. The summed E-state index contributed by atoms with van der Waals surface area (Å²) < 4.78 is 5.52. The van der Waals surface area contributed by atoms with Gasteiger partial charge in [0, 0.05) is 25.0 Å². The first-order valence-electron chi connectivity index (χ1n) is 9.40. The molecule has 2 aromatic carbocycles. The maximum atomic E-state index is 12.3. The molecule has 0 unspecified atom stereocenters. The molecule has 2 bridgehead atoms. The van der Waals surface area contributed by atoms with E-state index in [9.17, 15) is 4.79 Å². The van der Waals surface area contributed by atoms with Gasteiger partial charge in [0.05, 0.1) is 0 Å². The predicted octanol–water partition coefficient (Wildman–Crippen LogP) is 3.58. The molecule has 1 amide bonds. The first kappa shape index (κ1) is 15.2. The van der Waals surface area contributed by atoms with Gasteiger partial charge in [-0.2, -0.15) is 0 Å². The Labute approximate surface area is 148 Å². The second-order valence-electron chi connectivity index (χ2n) is 7.53. The summed E-state index contributed by atoms with van der Waals surface area (Å²) >= 11 is 0. The normalized spacial score (nSPS) is 29.1. The van der Waals surface area contributed by atoms with Crippen molar-refractivity contribution in [3.8, 4) is 0 Å². The van der Waals surface area contributed by atoms with Gasteiger partial charge in [-0.25, -0.2) is 0 Å².